The number of carboxylic acid groups (broad SMARTS) is 1. The van der Waals surface area contributed by atoms with Crippen LogP contribution in [0.2, 0.25) is 0 Å². The molecule has 1 heterocycles. The summed E-state index contributed by atoms with van der Waals surface area (Å²) in [5.74, 6) is -2.09. The molecule has 2 N–H and O–H groups in total. The van der Waals surface area contributed by atoms with Crippen molar-refractivity contribution in [2.45, 2.75) is 6.42 Å². The van der Waals surface area contributed by atoms with Crippen LogP contribution in [0.4, 0.5) is 4.39 Å². The van der Waals surface area contributed by atoms with Gasteiger partial charge < -0.3 is 15.2 Å². The van der Waals surface area contributed by atoms with Gasteiger partial charge in [0.15, 0.2) is 0 Å². The minimum Gasteiger partial charge on any atom is -0.481 e. The molecule has 0 radical (unpaired) electrons. The zero-order valence-corrected chi connectivity index (χ0v) is 9.56. The second kappa shape index (κ2) is 7.33. The van der Waals surface area contributed by atoms with Gasteiger partial charge in [0.05, 0.1) is 19.6 Å². The number of carboxylic acids is 1. The maximum Gasteiger partial charge on any atom is 0.305 e. The number of rotatable bonds is 7. The van der Waals surface area contributed by atoms with Crippen LogP contribution in [0.3, 0.4) is 0 Å². The molecular weight excluding hydrogens is 243 g/mol. The van der Waals surface area contributed by atoms with E-state index in [4.69, 9.17) is 9.84 Å². The van der Waals surface area contributed by atoms with Crippen molar-refractivity contribution in [2.75, 3.05) is 19.8 Å². The number of hydrogen-bond acceptors (Lipinski definition) is 4. The smallest absolute Gasteiger partial charge is 0.305 e. The van der Waals surface area contributed by atoms with Gasteiger partial charge in [-0.25, -0.2) is 4.98 Å². The highest BCUT2D eigenvalue weighted by atomic mass is 19.1. The number of halogens is 1. The first-order valence-corrected chi connectivity index (χ1v) is 5.29. The fourth-order valence-corrected chi connectivity index (χ4v) is 1.14. The summed E-state index contributed by atoms with van der Waals surface area (Å²) in [6, 6.07) is 2.42. The van der Waals surface area contributed by atoms with Crippen LogP contribution < -0.4 is 5.32 Å². The lowest BCUT2D eigenvalue weighted by Gasteiger charge is -2.05. The lowest BCUT2D eigenvalue weighted by Crippen LogP contribution is -2.27. The Labute approximate surface area is 103 Å². The van der Waals surface area contributed by atoms with Crippen LogP contribution in [0.25, 0.3) is 0 Å². The molecule has 1 aromatic heterocycles. The number of carbonyl (C=O) groups is 2. The molecule has 1 aromatic rings. The predicted octanol–water partition coefficient (Wildman–Crippen LogP) is 0.442. The molecule has 7 heteroatoms. The first kappa shape index (κ1) is 14.0. The topological polar surface area (TPSA) is 88.5 Å². The molecule has 0 aliphatic heterocycles. The van der Waals surface area contributed by atoms with Crippen molar-refractivity contribution in [1.82, 2.24) is 10.3 Å². The van der Waals surface area contributed by atoms with E-state index in [9.17, 15) is 14.0 Å². The summed E-state index contributed by atoms with van der Waals surface area (Å²) in [5, 5.41) is 10.9. The quantitative estimate of drug-likeness (QED) is 0.546. The molecule has 0 aliphatic rings. The predicted molar refractivity (Wildman–Crippen MR) is 59.6 cm³/mol. The molecule has 0 saturated heterocycles. The van der Waals surface area contributed by atoms with Crippen molar-refractivity contribution in [3.63, 3.8) is 0 Å². The van der Waals surface area contributed by atoms with Gasteiger partial charge in [-0.15, -0.1) is 0 Å². The van der Waals surface area contributed by atoms with E-state index in [2.05, 4.69) is 10.3 Å². The molecule has 18 heavy (non-hydrogen) atoms. The van der Waals surface area contributed by atoms with Gasteiger partial charge in [-0.05, 0) is 6.07 Å². The molecular formula is C11H13FN2O4. The third kappa shape index (κ3) is 5.35. The minimum atomic E-state index is -0.939. The van der Waals surface area contributed by atoms with Gasteiger partial charge in [0, 0.05) is 24.4 Å². The summed E-state index contributed by atoms with van der Waals surface area (Å²) in [7, 11) is 0. The van der Waals surface area contributed by atoms with E-state index in [0.717, 1.165) is 6.07 Å². The molecule has 6 nitrogen and oxygen atoms in total. The van der Waals surface area contributed by atoms with Crippen LogP contribution in [0.15, 0.2) is 18.3 Å². The van der Waals surface area contributed by atoms with E-state index < -0.39 is 17.8 Å². The fourth-order valence-electron chi connectivity index (χ4n) is 1.14. The first-order valence-electron chi connectivity index (χ1n) is 5.29. The average molecular weight is 256 g/mol. The molecule has 1 amide bonds. The van der Waals surface area contributed by atoms with Crippen LogP contribution in [0, 0.1) is 5.95 Å². The van der Waals surface area contributed by atoms with Crippen molar-refractivity contribution in [1.29, 1.82) is 0 Å². The molecule has 0 unspecified atom stereocenters. The van der Waals surface area contributed by atoms with Crippen molar-refractivity contribution in [3.05, 3.63) is 29.8 Å². The number of carbonyl (C=O) groups excluding carboxylic acids is 1. The van der Waals surface area contributed by atoms with E-state index >= 15 is 0 Å². The van der Waals surface area contributed by atoms with Gasteiger partial charge in [-0.1, -0.05) is 0 Å². The highest BCUT2D eigenvalue weighted by molar-refractivity contribution is 5.93. The third-order valence-electron chi connectivity index (χ3n) is 1.98. The number of hydrogen-bond donors (Lipinski definition) is 2. The number of aliphatic carboxylic acids is 1. The van der Waals surface area contributed by atoms with Gasteiger partial charge in [-0.3, -0.25) is 9.59 Å². The maximum atomic E-state index is 12.7. The molecule has 98 valence electrons. The maximum absolute atomic E-state index is 12.7. The van der Waals surface area contributed by atoms with Gasteiger partial charge >= 0.3 is 5.97 Å². The third-order valence-corrected chi connectivity index (χ3v) is 1.98. The van der Waals surface area contributed by atoms with Crippen molar-refractivity contribution >= 4 is 11.9 Å². The Hall–Kier alpha value is -2.02. The number of nitrogens with zero attached hydrogens (tertiary/aromatic N) is 1. The molecule has 0 atom stereocenters. The summed E-state index contributed by atoms with van der Waals surface area (Å²) in [4.78, 5) is 25.0. The summed E-state index contributed by atoms with van der Waals surface area (Å²) in [6.45, 7) is 0.518. The molecule has 0 aliphatic carbocycles. The standard InChI is InChI=1S/C11H13FN2O4/c12-9-7-8(1-3-13-9)11(17)14-4-6-18-5-2-10(15)16/h1,3,7H,2,4-6H2,(H,14,17)(H,15,16). The van der Waals surface area contributed by atoms with E-state index in [0.29, 0.717) is 0 Å². The highest BCUT2D eigenvalue weighted by Gasteiger charge is 2.05. The minimum absolute atomic E-state index is 0.0798. The second-order valence-electron chi connectivity index (χ2n) is 3.38. The molecule has 0 saturated carbocycles. The summed E-state index contributed by atoms with van der Waals surface area (Å²) in [5.41, 5.74) is 0.174. The SMILES string of the molecule is O=C(O)CCOCCNC(=O)c1ccnc(F)c1. The number of aromatic nitrogens is 1. The van der Waals surface area contributed by atoms with Gasteiger partial charge in [-0.2, -0.15) is 4.39 Å². The second-order valence-corrected chi connectivity index (χ2v) is 3.38. The molecule has 0 aromatic carbocycles. The van der Waals surface area contributed by atoms with E-state index in [1.807, 2.05) is 0 Å². The Morgan fingerprint density at radius 3 is 2.89 bits per heavy atom. The van der Waals surface area contributed by atoms with Crippen molar-refractivity contribution in [3.8, 4) is 0 Å². The van der Waals surface area contributed by atoms with Crippen LogP contribution in [0.5, 0.6) is 0 Å². The van der Waals surface area contributed by atoms with Crippen LogP contribution in [-0.4, -0.2) is 41.7 Å². The van der Waals surface area contributed by atoms with Crippen molar-refractivity contribution in [2.24, 2.45) is 0 Å². The van der Waals surface area contributed by atoms with E-state index in [1.54, 1.807) is 0 Å². The zero-order valence-electron chi connectivity index (χ0n) is 9.56. The Balaban J connectivity index is 2.20. The summed E-state index contributed by atoms with van der Waals surface area (Å²) >= 11 is 0. The largest absolute Gasteiger partial charge is 0.481 e. The lowest BCUT2D eigenvalue weighted by molar-refractivity contribution is -0.138. The molecule has 1 rings (SSSR count). The van der Waals surface area contributed by atoms with Gasteiger partial charge in [0.25, 0.3) is 5.91 Å². The van der Waals surface area contributed by atoms with Gasteiger partial charge in [0.1, 0.15) is 0 Å². The summed E-state index contributed by atoms with van der Waals surface area (Å²) in [6.07, 6.45) is 1.12. The Morgan fingerprint density at radius 2 is 2.22 bits per heavy atom. The monoisotopic (exact) mass is 256 g/mol. The van der Waals surface area contributed by atoms with Crippen LogP contribution >= 0.6 is 0 Å². The van der Waals surface area contributed by atoms with Crippen molar-refractivity contribution < 1.29 is 23.8 Å². The normalized spacial score (nSPS) is 10.1. The van der Waals surface area contributed by atoms with Crippen LogP contribution in [-0.2, 0) is 9.53 Å². The van der Waals surface area contributed by atoms with E-state index in [-0.39, 0.29) is 31.7 Å². The number of ether oxygens (including phenoxy) is 1. The molecule has 0 bridgehead atoms. The average Bonchev–Trinajstić information content (AvgIpc) is 2.33. The number of amides is 1. The Morgan fingerprint density at radius 1 is 1.44 bits per heavy atom. The zero-order chi connectivity index (χ0) is 13.4. The van der Waals surface area contributed by atoms with Crippen LogP contribution in [0.1, 0.15) is 16.8 Å². The molecule has 0 fully saturated rings. The molecule has 0 spiro atoms. The Kier molecular flexibility index (Phi) is 5.72. The van der Waals surface area contributed by atoms with Gasteiger partial charge in [0.2, 0.25) is 5.95 Å². The fraction of sp³-hybridized carbons (Fsp3) is 0.364. The Bertz CT molecular complexity index is 425. The number of nitrogens with one attached hydrogen (secondary N) is 1. The highest BCUT2D eigenvalue weighted by Crippen LogP contribution is 1.99. The number of pyridine rings is 1. The van der Waals surface area contributed by atoms with E-state index in [1.165, 1.54) is 12.3 Å². The lowest BCUT2D eigenvalue weighted by atomic mass is 10.2. The summed E-state index contributed by atoms with van der Waals surface area (Å²) < 4.78 is 17.7. The first-order chi connectivity index (χ1) is 8.59.